The predicted molar refractivity (Wildman–Crippen MR) is 154 cm³/mol. The van der Waals surface area contributed by atoms with Crippen LogP contribution in [0.3, 0.4) is 0 Å². The second kappa shape index (κ2) is 11.2. The maximum Gasteiger partial charge on any atom is 0.310 e. The number of nitrogens with zero attached hydrogens (tertiary/aromatic N) is 1. The number of phenols is 1. The summed E-state index contributed by atoms with van der Waals surface area (Å²) in [5, 5.41) is 45.0. The highest BCUT2D eigenvalue weighted by Gasteiger charge is 2.67. The fraction of sp³-hybridized carbons (Fsp3) is 0.438. The van der Waals surface area contributed by atoms with Gasteiger partial charge in [0.15, 0.2) is 11.4 Å². The second-order valence-corrected chi connectivity index (χ2v) is 11.9. The molecule has 43 heavy (non-hydrogen) atoms. The molecule has 228 valence electrons. The van der Waals surface area contributed by atoms with Crippen LogP contribution in [0.15, 0.2) is 42.0 Å². The highest BCUT2D eigenvalue weighted by molar-refractivity contribution is 6.25. The largest absolute Gasteiger partial charge is 0.507 e. The smallest absolute Gasteiger partial charge is 0.310 e. The fourth-order valence-corrected chi connectivity index (χ4v) is 7.11. The first-order valence-corrected chi connectivity index (χ1v) is 14.3. The lowest BCUT2D eigenvalue weighted by atomic mass is 9.54. The van der Waals surface area contributed by atoms with E-state index in [0.29, 0.717) is 17.7 Å². The molecule has 2 aromatic carbocycles. The number of hydrogen-bond donors (Lipinski definition) is 5. The van der Waals surface area contributed by atoms with Gasteiger partial charge in [0.05, 0.1) is 24.7 Å². The molecule has 0 aliphatic heterocycles. The summed E-state index contributed by atoms with van der Waals surface area (Å²) in [5.41, 5.74) is 5.29. The third-order valence-corrected chi connectivity index (χ3v) is 9.05. The van der Waals surface area contributed by atoms with E-state index in [1.165, 1.54) is 6.07 Å². The van der Waals surface area contributed by atoms with Crippen LogP contribution in [0, 0.1) is 17.8 Å². The Balaban J connectivity index is 1.57. The Bertz CT molecular complexity index is 1530. The topological polar surface area (TPSA) is 188 Å². The van der Waals surface area contributed by atoms with Crippen molar-refractivity contribution >= 4 is 29.2 Å². The number of aromatic hydroxyl groups is 1. The molecule has 3 aliphatic carbocycles. The summed E-state index contributed by atoms with van der Waals surface area (Å²) in [6.45, 7) is 2.27. The zero-order chi connectivity index (χ0) is 31.4. The lowest BCUT2D eigenvalue weighted by molar-refractivity contribution is -0.184. The molecule has 0 saturated heterocycles. The van der Waals surface area contributed by atoms with Crippen molar-refractivity contribution in [1.29, 1.82) is 0 Å². The first-order chi connectivity index (χ1) is 20.3. The molecule has 0 aromatic heterocycles. The van der Waals surface area contributed by atoms with Crippen LogP contribution in [0.25, 0.3) is 16.9 Å². The summed E-state index contributed by atoms with van der Waals surface area (Å²) in [6.07, 6.45) is -0.487. The van der Waals surface area contributed by atoms with Crippen LogP contribution in [0.4, 0.5) is 0 Å². The van der Waals surface area contributed by atoms with Crippen molar-refractivity contribution in [1.82, 2.24) is 4.90 Å². The molecule has 6 atom stereocenters. The van der Waals surface area contributed by atoms with Gasteiger partial charge < -0.3 is 35.8 Å². The number of fused-ring (bicyclic) bond motifs is 3. The van der Waals surface area contributed by atoms with Crippen molar-refractivity contribution in [3.8, 4) is 16.9 Å². The lowest BCUT2D eigenvalue weighted by Crippen LogP contribution is -2.73. The number of rotatable bonds is 7. The maximum atomic E-state index is 14.0. The van der Waals surface area contributed by atoms with Crippen LogP contribution >= 0.6 is 0 Å². The Kier molecular flexibility index (Phi) is 7.93. The number of benzene rings is 2. The number of primary amides is 1. The fourth-order valence-electron chi connectivity index (χ4n) is 7.11. The minimum absolute atomic E-state index is 0.0188. The number of amides is 1. The molecule has 2 aromatic rings. The molecule has 3 aliphatic rings. The number of Topliss-reactive ketones (excluding diaryl/α,β-unsaturated/α-hetero) is 2. The standard InChI is InChI=1S/C32H36N2O9/c1-4-11-43-22(36)12-15-5-7-16(8-6-15)18-9-10-21(35)24-19(18)13-17-14-20-26(34(2)3)28(38)25(31(33)41)30(40)32(20,42)29(39)23(17)27(24)37/h5-10,17,20,25-26,28,35,37-38,42H,4,11-14H2,1-3H3,(H2,33,41)/t17-,20-,25?,26-,28?,32-/m1/s1. The predicted octanol–water partition coefficient (Wildman–Crippen LogP) is 1.29. The van der Waals surface area contributed by atoms with Crippen molar-refractivity contribution < 1.29 is 44.3 Å². The number of aliphatic hydroxyl groups is 3. The molecule has 2 fully saturated rings. The lowest BCUT2D eigenvalue weighted by Gasteiger charge is -2.53. The van der Waals surface area contributed by atoms with Crippen molar-refractivity contribution in [3.05, 3.63) is 58.7 Å². The number of ketones is 2. The first-order valence-electron chi connectivity index (χ1n) is 14.3. The van der Waals surface area contributed by atoms with Gasteiger partial charge in [-0.05, 0) is 67.6 Å². The average molecular weight is 593 g/mol. The molecule has 0 bridgehead atoms. The number of nitrogens with two attached hydrogens (primary N) is 1. The van der Waals surface area contributed by atoms with Gasteiger partial charge in [0, 0.05) is 17.5 Å². The molecule has 11 nitrogen and oxygen atoms in total. The Morgan fingerprint density at radius 3 is 2.37 bits per heavy atom. The van der Waals surface area contributed by atoms with Gasteiger partial charge in [0.2, 0.25) is 11.7 Å². The quantitative estimate of drug-likeness (QED) is 0.232. The van der Waals surface area contributed by atoms with Crippen LogP contribution in [-0.4, -0.2) is 87.2 Å². The Hall–Kier alpha value is -4.06. The third kappa shape index (κ3) is 4.81. The van der Waals surface area contributed by atoms with Gasteiger partial charge in [-0.25, -0.2) is 0 Å². The van der Waals surface area contributed by atoms with E-state index in [9.17, 15) is 39.6 Å². The van der Waals surface area contributed by atoms with E-state index in [1.807, 2.05) is 19.1 Å². The molecule has 2 unspecified atom stereocenters. The van der Waals surface area contributed by atoms with Gasteiger partial charge in [0.25, 0.3) is 0 Å². The third-order valence-electron chi connectivity index (χ3n) is 9.05. The van der Waals surface area contributed by atoms with Crippen molar-refractivity contribution in [2.45, 2.75) is 50.4 Å². The number of ether oxygens (including phenoxy) is 1. The van der Waals surface area contributed by atoms with Gasteiger partial charge in [-0.15, -0.1) is 0 Å². The molecular weight excluding hydrogens is 556 g/mol. The zero-order valence-corrected chi connectivity index (χ0v) is 24.2. The average Bonchev–Trinajstić information content (AvgIpc) is 2.94. The van der Waals surface area contributed by atoms with Gasteiger partial charge in [-0.3, -0.25) is 19.2 Å². The van der Waals surface area contributed by atoms with E-state index >= 15 is 0 Å². The highest BCUT2D eigenvalue weighted by Crippen LogP contribution is 2.53. The minimum Gasteiger partial charge on any atom is -0.507 e. The molecular formula is C32H36N2O9. The summed E-state index contributed by atoms with van der Waals surface area (Å²) in [5.74, 6) is -8.15. The van der Waals surface area contributed by atoms with Gasteiger partial charge in [-0.2, -0.15) is 0 Å². The van der Waals surface area contributed by atoms with Crippen molar-refractivity contribution in [2.75, 3.05) is 20.7 Å². The molecule has 11 heteroatoms. The van der Waals surface area contributed by atoms with Crippen molar-refractivity contribution in [2.24, 2.45) is 23.5 Å². The van der Waals surface area contributed by atoms with Gasteiger partial charge in [-0.1, -0.05) is 37.3 Å². The van der Waals surface area contributed by atoms with E-state index in [2.05, 4.69) is 0 Å². The Morgan fingerprint density at radius 1 is 1.09 bits per heavy atom. The summed E-state index contributed by atoms with van der Waals surface area (Å²) in [7, 11) is 3.21. The SMILES string of the molecule is CCCOC(=O)Cc1ccc(-c2ccc(O)c3c2C[C@@H]2C[C@@H]4[C@@H](N(C)C)C(O)C(C(N)=O)C(=O)[C@]4(O)C(=O)C2=C3O)cc1. The van der Waals surface area contributed by atoms with Crippen LogP contribution in [0.2, 0.25) is 0 Å². The van der Waals surface area contributed by atoms with E-state index in [0.717, 1.165) is 17.5 Å². The van der Waals surface area contributed by atoms with E-state index in [1.54, 1.807) is 37.2 Å². The summed E-state index contributed by atoms with van der Waals surface area (Å²) >= 11 is 0. The Labute approximate surface area is 248 Å². The molecule has 0 radical (unpaired) electrons. The summed E-state index contributed by atoms with van der Waals surface area (Å²) < 4.78 is 5.16. The van der Waals surface area contributed by atoms with Gasteiger partial charge >= 0.3 is 5.97 Å². The summed E-state index contributed by atoms with van der Waals surface area (Å²) in [4.78, 5) is 53.2. The first kappa shape index (κ1) is 30.4. The number of carbonyl (C=O) groups excluding carboxylic acids is 4. The monoisotopic (exact) mass is 592 g/mol. The number of hydrogen-bond acceptors (Lipinski definition) is 10. The number of esters is 1. The highest BCUT2D eigenvalue weighted by atomic mass is 16.5. The van der Waals surface area contributed by atoms with Gasteiger partial charge in [0.1, 0.15) is 17.4 Å². The molecule has 6 N–H and O–H groups in total. The number of likely N-dealkylation sites (N-methyl/N-ethyl adjacent to an activating group) is 1. The van der Waals surface area contributed by atoms with E-state index in [4.69, 9.17) is 10.5 Å². The molecule has 0 spiro atoms. The van der Waals surface area contributed by atoms with Crippen molar-refractivity contribution in [3.63, 3.8) is 0 Å². The van der Waals surface area contributed by atoms with Crippen LogP contribution in [-0.2, 0) is 36.8 Å². The number of phenolic OH excluding ortho intramolecular Hbond substituents is 1. The number of aliphatic hydroxyl groups excluding tert-OH is 2. The maximum absolute atomic E-state index is 14.0. The summed E-state index contributed by atoms with van der Waals surface area (Å²) in [6, 6.07) is 9.35. The molecule has 1 amide bonds. The normalized spacial score (nSPS) is 28.3. The molecule has 0 heterocycles. The van der Waals surface area contributed by atoms with E-state index < -0.39 is 58.7 Å². The number of carbonyl (C=O) groups is 4. The molecule has 5 rings (SSSR count). The van der Waals surface area contributed by atoms with Crippen LogP contribution < -0.4 is 5.73 Å². The van der Waals surface area contributed by atoms with Crippen LogP contribution in [0.1, 0.15) is 36.5 Å². The Morgan fingerprint density at radius 2 is 1.77 bits per heavy atom. The van der Waals surface area contributed by atoms with Crippen LogP contribution in [0.5, 0.6) is 5.75 Å². The minimum atomic E-state index is -2.70. The zero-order valence-electron chi connectivity index (χ0n) is 24.2. The van der Waals surface area contributed by atoms with E-state index in [-0.39, 0.29) is 42.1 Å². The molecule has 2 saturated carbocycles. The second-order valence-electron chi connectivity index (χ2n) is 11.9.